The van der Waals surface area contributed by atoms with Crippen molar-refractivity contribution in [2.45, 2.75) is 44.6 Å². The number of rotatable bonds is 3. The van der Waals surface area contributed by atoms with Crippen molar-refractivity contribution < 1.29 is 4.79 Å². The number of carbonyl (C=O) groups is 1. The zero-order chi connectivity index (χ0) is 18.9. The third-order valence-corrected chi connectivity index (χ3v) is 6.11. The zero-order valence-corrected chi connectivity index (χ0v) is 16.9. The first kappa shape index (κ1) is 19.3. The maximum atomic E-state index is 13.5. The SMILES string of the molecule is CC(C)(C)N1CCC(C(=O)c2ccccn2)(c2ccc(Cl)c(Cl)c2)CC1. The summed E-state index contributed by atoms with van der Waals surface area (Å²) in [5, 5.41) is 0.985. The minimum Gasteiger partial charge on any atom is -0.298 e. The van der Waals surface area contributed by atoms with E-state index in [1.807, 2.05) is 24.3 Å². The van der Waals surface area contributed by atoms with Gasteiger partial charge in [0, 0.05) is 11.7 Å². The summed E-state index contributed by atoms with van der Waals surface area (Å²) in [7, 11) is 0. The summed E-state index contributed by atoms with van der Waals surface area (Å²) < 4.78 is 0. The molecular weight excluding hydrogens is 367 g/mol. The molecule has 0 unspecified atom stereocenters. The number of nitrogens with zero attached hydrogens (tertiary/aromatic N) is 2. The third kappa shape index (κ3) is 3.66. The number of hydrogen-bond donors (Lipinski definition) is 0. The van der Waals surface area contributed by atoms with Gasteiger partial charge >= 0.3 is 0 Å². The fourth-order valence-electron chi connectivity index (χ4n) is 3.74. The molecule has 1 aromatic carbocycles. The van der Waals surface area contributed by atoms with Gasteiger partial charge in [0.1, 0.15) is 5.69 Å². The maximum absolute atomic E-state index is 13.5. The van der Waals surface area contributed by atoms with Gasteiger partial charge in [-0.2, -0.15) is 0 Å². The van der Waals surface area contributed by atoms with Gasteiger partial charge in [0.15, 0.2) is 5.78 Å². The lowest BCUT2D eigenvalue weighted by Crippen LogP contribution is -2.53. The van der Waals surface area contributed by atoms with Crippen molar-refractivity contribution in [3.63, 3.8) is 0 Å². The Balaban J connectivity index is 2.03. The second kappa shape index (κ2) is 7.30. The molecule has 0 saturated carbocycles. The number of likely N-dealkylation sites (tertiary alicyclic amines) is 1. The van der Waals surface area contributed by atoms with Crippen molar-refractivity contribution in [3.8, 4) is 0 Å². The summed E-state index contributed by atoms with van der Waals surface area (Å²) in [5.41, 5.74) is 0.890. The number of carbonyl (C=O) groups excluding carboxylic acids is 1. The number of Topliss-reactive ketones (excluding diaryl/α,β-unsaturated/α-hetero) is 1. The minimum atomic E-state index is -0.621. The van der Waals surface area contributed by atoms with Crippen LogP contribution in [0.3, 0.4) is 0 Å². The number of hydrogen-bond acceptors (Lipinski definition) is 3. The molecule has 2 heterocycles. The molecule has 0 amide bonds. The molecule has 1 aromatic heterocycles. The molecule has 1 saturated heterocycles. The van der Waals surface area contributed by atoms with Crippen LogP contribution >= 0.6 is 23.2 Å². The summed E-state index contributed by atoms with van der Waals surface area (Å²) in [6.07, 6.45) is 3.13. The summed E-state index contributed by atoms with van der Waals surface area (Å²) in [6.45, 7) is 8.32. The number of pyridine rings is 1. The Labute approximate surface area is 165 Å². The van der Waals surface area contributed by atoms with Crippen LogP contribution in [-0.2, 0) is 5.41 Å². The smallest absolute Gasteiger partial charge is 0.191 e. The average molecular weight is 391 g/mol. The summed E-state index contributed by atoms with van der Waals surface area (Å²) in [5.74, 6) is 0.0602. The van der Waals surface area contributed by atoms with Gasteiger partial charge in [-0.3, -0.25) is 14.7 Å². The van der Waals surface area contributed by atoms with Gasteiger partial charge in [-0.05, 0) is 76.5 Å². The van der Waals surface area contributed by atoms with Gasteiger partial charge in [0.05, 0.1) is 15.5 Å². The molecule has 0 aliphatic carbocycles. The number of aromatic nitrogens is 1. The molecule has 0 atom stereocenters. The van der Waals surface area contributed by atoms with Gasteiger partial charge in [0.2, 0.25) is 0 Å². The quantitative estimate of drug-likeness (QED) is 0.657. The van der Waals surface area contributed by atoms with Crippen molar-refractivity contribution >= 4 is 29.0 Å². The monoisotopic (exact) mass is 390 g/mol. The van der Waals surface area contributed by atoms with Gasteiger partial charge in [0.25, 0.3) is 0 Å². The molecule has 0 radical (unpaired) electrons. The van der Waals surface area contributed by atoms with Crippen LogP contribution in [0.15, 0.2) is 42.6 Å². The molecule has 0 bridgehead atoms. The molecule has 3 rings (SSSR count). The standard InChI is InChI=1S/C21H24Cl2N2O/c1-20(2,3)25-12-9-21(10-13-25,15-7-8-16(22)17(23)14-15)19(26)18-6-4-5-11-24-18/h4-8,11,14H,9-10,12-13H2,1-3H3. The Kier molecular flexibility index (Phi) is 5.43. The maximum Gasteiger partial charge on any atom is 0.191 e. The lowest BCUT2D eigenvalue weighted by molar-refractivity contribution is 0.0573. The predicted octanol–water partition coefficient (Wildman–Crippen LogP) is 5.40. The van der Waals surface area contributed by atoms with Crippen LogP contribution in [0, 0.1) is 0 Å². The molecule has 5 heteroatoms. The van der Waals surface area contributed by atoms with E-state index in [1.54, 1.807) is 18.3 Å². The van der Waals surface area contributed by atoms with E-state index in [1.165, 1.54) is 0 Å². The van der Waals surface area contributed by atoms with Crippen molar-refractivity contribution in [2.24, 2.45) is 0 Å². The molecule has 26 heavy (non-hydrogen) atoms. The Hall–Kier alpha value is -1.42. The van der Waals surface area contributed by atoms with Crippen LogP contribution < -0.4 is 0 Å². The number of piperidine rings is 1. The van der Waals surface area contributed by atoms with E-state index in [4.69, 9.17) is 23.2 Å². The predicted molar refractivity (Wildman–Crippen MR) is 107 cm³/mol. The number of halogens is 2. The van der Waals surface area contributed by atoms with Crippen molar-refractivity contribution in [1.29, 1.82) is 0 Å². The Bertz CT molecular complexity index is 791. The van der Waals surface area contributed by atoms with Gasteiger partial charge in [-0.25, -0.2) is 0 Å². The average Bonchev–Trinajstić information content (AvgIpc) is 2.63. The summed E-state index contributed by atoms with van der Waals surface area (Å²) in [6, 6.07) is 11.0. The molecule has 3 nitrogen and oxygen atoms in total. The van der Waals surface area contributed by atoms with Crippen LogP contribution in [0.5, 0.6) is 0 Å². The molecular formula is C21H24Cl2N2O. The first-order valence-electron chi connectivity index (χ1n) is 8.90. The van der Waals surface area contributed by atoms with Crippen molar-refractivity contribution in [3.05, 3.63) is 63.9 Å². The van der Waals surface area contributed by atoms with Crippen LogP contribution in [0.2, 0.25) is 10.0 Å². The molecule has 0 spiro atoms. The summed E-state index contributed by atoms with van der Waals surface area (Å²) in [4.78, 5) is 20.3. The molecule has 138 valence electrons. The molecule has 1 aliphatic heterocycles. The molecule has 1 fully saturated rings. The van der Waals surface area contributed by atoms with E-state index in [0.717, 1.165) is 31.5 Å². The zero-order valence-electron chi connectivity index (χ0n) is 15.4. The van der Waals surface area contributed by atoms with E-state index < -0.39 is 5.41 Å². The van der Waals surface area contributed by atoms with E-state index in [-0.39, 0.29) is 11.3 Å². The Morgan fingerprint density at radius 1 is 1.08 bits per heavy atom. The van der Waals surface area contributed by atoms with Crippen LogP contribution in [0.25, 0.3) is 0 Å². The fourth-order valence-corrected chi connectivity index (χ4v) is 4.04. The largest absolute Gasteiger partial charge is 0.298 e. The first-order chi connectivity index (χ1) is 12.2. The second-order valence-electron chi connectivity index (χ2n) is 7.91. The van der Waals surface area contributed by atoms with E-state index >= 15 is 0 Å². The normalized spacial score (nSPS) is 17.9. The van der Waals surface area contributed by atoms with Crippen LogP contribution in [0.1, 0.15) is 49.7 Å². The van der Waals surface area contributed by atoms with Gasteiger partial charge in [-0.1, -0.05) is 35.3 Å². The molecule has 0 N–H and O–H groups in total. The number of ketones is 1. The highest BCUT2D eigenvalue weighted by molar-refractivity contribution is 6.42. The second-order valence-corrected chi connectivity index (χ2v) is 8.73. The minimum absolute atomic E-state index is 0.0602. The lowest BCUT2D eigenvalue weighted by atomic mass is 9.68. The van der Waals surface area contributed by atoms with Gasteiger partial charge in [-0.15, -0.1) is 0 Å². The Morgan fingerprint density at radius 2 is 1.77 bits per heavy atom. The van der Waals surface area contributed by atoms with E-state index in [2.05, 4.69) is 30.7 Å². The highest BCUT2D eigenvalue weighted by atomic mass is 35.5. The van der Waals surface area contributed by atoms with Crippen molar-refractivity contribution in [2.75, 3.05) is 13.1 Å². The highest BCUT2D eigenvalue weighted by Gasteiger charge is 2.45. The van der Waals surface area contributed by atoms with Crippen LogP contribution in [0.4, 0.5) is 0 Å². The first-order valence-corrected chi connectivity index (χ1v) is 9.66. The fraction of sp³-hybridized carbons (Fsp3) is 0.429. The molecule has 1 aliphatic rings. The Morgan fingerprint density at radius 3 is 2.31 bits per heavy atom. The lowest BCUT2D eigenvalue weighted by Gasteiger charge is -2.46. The summed E-state index contributed by atoms with van der Waals surface area (Å²) >= 11 is 12.4. The van der Waals surface area contributed by atoms with E-state index in [0.29, 0.717) is 15.7 Å². The topological polar surface area (TPSA) is 33.2 Å². The van der Waals surface area contributed by atoms with Crippen molar-refractivity contribution in [1.82, 2.24) is 9.88 Å². The molecule has 2 aromatic rings. The number of benzene rings is 1. The van der Waals surface area contributed by atoms with Gasteiger partial charge < -0.3 is 0 Å². The third-order valence-electron chi connectivity index (χ3n) is 5.37. The highest BCUT2D eigenvalue weighted by Crippen LogP contribution is 2.41. The van der Waals surface area contributed by atoms with Crippen LogP contribution in [-0.4, -0.2) is 34.3 Å². The van der Waals surface area contributed by atoms with E-state index in [9.17, 15) is 4.79 Å².